The maximum Gasteiger partial charge on any atom is 0.247 e. The minimum atomic E-state index is -0.345. The average molecular weight is 147 g/mol. The Kier molecular flexibility index (Phi) is 2.36. The van der Waals surface area contributed by atoms with Crippen LogP contribution in [0.2, 0.25) is 0 Å². The third-order valence-electron chi connectivity index (χ3n) is 1.20. The van der Waals surface area contributed by atoms with Gasteiger partial charge >= 0.3 is 0 Å². The molecule has 1 saturated heterocycles. The van der Waals surface area contributed by atoms with E-state index in [9.17, 15) is 4.79 Å². The number of nitrogens with two attached hydrogens (primary N) is 1. The predicted molar refractivity (Wildman–Crippen MR) is 35.8 cm³/mol. The summed E-state index contributed by atoms with van der Waals surface area (Å²) in [4.78, 5) is 10.4. The summed E-state index contributed by atoms with van der Waals surface area (Å²) in [5, 5.41) is 0. The molecule has 1 atom stereocenters. The molecule has 2 N–H and O–H groups in total. The molecule has 1 fully saturated rings. The van der Waals surface area contributed by atoms with Crippen molar-refractivity contribution < 1.29 is 8.98 Å². The van der Waals surface area contributed by atoms with Crippen molar-refractivity contribution in [2.75, 3.05) is 5.75 Å². The predicted octanol–water partition coefficient (Wildman–Crippen LogP) is 0.299. The number of primary amides is 1. The fraction of sp³-hybridized carbons (Fsp3) is 0.800. The van der Waals surface area contributed by atoms with E-state index in [2.05, 4.69) is 0 Å². The second kappa shape index (κ2) is 3.08. The third kappa shape index (κ3) is 1.87. The van der Waals surface area contributed by atoms with Gasteiger partial charge in [0.1, 0.15) is 0 Å². The molecule has 0 spiro atoms. The first-order chi connectivity index (χ1) is 4.30. The molecule has 1 aliphatic heterocycles. The number of hydrogen-bond donors (Lipinski definition) is 1. The van der Waals surface area contributed by atoms with Crippen molar-refractivity contribution in [3.63, 3.8) is 0 Å². The third-order valence-corrected chi connectivity index (χ3v) is 2.02. The molecule has 1 unspecified atom stereocenters. The highest BCUT2D eigenvalue weighted by molar-refractivity contribution is 7.94. The monoisotopic (exact) mass is 147 g/mol. The van der Waals surface area contributed by atoms with Gasteiger partial charge in [-0.25, -0.2) is 0 Å². The van der Waals surface area contributed by atoms with Crippen LogP contribution in [-0.4, -0.2) is 17.8 Å². The smallest absolute Gasteiger partial charge is 0.247 e. The molecule has 1 aliphatic rings. The van der Waals surface area contributed by atoms with E-state index in [0.29, 0.717) is 0 Å². The van der Waals surface area contributed by atoms with E-state index in [0.717, 1.165) is 18.6 Å². The zero-order chi connectivity index (χ0) is 6.69. The van der Waals surface area contributed by atoms with Gasteiger partial charge in [-0.15, -0.1) is 0 Å². The van der Waals surface area contributed by atoms with Gasteiger partial charge < -0.3 is 9.92 Å². The molecule has 0 aromatic heterocycles. The van der Waals surface area contributed by atoms with E-state index in [4.69, 9.17) is 9.92 Å². The summed E-state index contributed by atoms with van der Waals surface area (Å²) in [7, 11) is 0. The van der Waals surface area contributed by atoms with Crippen LogP contribution >= 0.6 is 12.0 Å². The van der Waals surface area contributed by atoms with E-state index < -0.39 is 0 Å². The lowest BCUT2D eigenvalue weighted by atomic mass is 10.2. The minimum Gasteiger partial charge on any atom is -0.367 e. The van der Waals surface area contributed by atoms with Crippen molar-refractivity contribution in [2.45, 2.75) is 18.9 Å². The van der Waals surface area contributed by atoms with E-state index in [1.807, 2.05) is 0 Å². The molecular weight excluding hydrogens is 138 g/mol. The lowest BCUT2D eigenvalue weighted by molar-refractivity contribution is -0.124. The highest BCUT2D eigenvalue weighted by atomic mass is 32.2. The maximum absolute atomic E-state index is 10.4. The van der Waals surface area contributed by atoms with Crippen LogP contribution in [0.25, 0.3) is 0 Å². The van der Waals surface area contributed by atoms with Crippen molar-refractivity contribution in [1.29, 1.82) is 0 Å². The zero-order valence-electron chi connectivity index (χ0n) is 5.00. The molecule has 3 nitrogen and oxygen atoms in total. The first kappa shape index (κ1) is 6.89. The van der Waals surface area contributed by atoms with Crippen LogP contribution in [0.4, 0.5) is 0 Å². The van der Waals surface area contributed by atoms with Crippen LogP contribution in [0, 0.1) is 0 Å². The van der Waals surface area contributed by atoms with Crippen LogP contribution in [0.1, 0.15) is 12.8 Å². The molecule has 0 aromatic rings. The van der Waals surface area contributed by atoms with Gasteiger partial charge in [-0.2, -0.15) is 0 Å². The number of carbonyl (C=O) groups excluding carboxylic acids is 1. The van der Waals surface area contributed by atoms with Gasteiger partial charge in [-0.1, -0.05) is 0 Å². The molecule has 1 rings (SSSR count). The number of carbonyl (C=O) groups is 1. The van der Waals surface area contributed by atoms with Crippen LogP contribution < -0.4 is 5.73 Å². The Bertz CT molecular complexity index is 112. The minimum absolute atomic E-state index is 0.344. The molecule has 0 saturated carbocycles. The quantitative estimate of drug-likeness (QED) is 0.543. The molecule has 9 heavy (non-hydrogen) atoms. The SMILES string of the molecule is NC(=O)C1CCCSO1. The van der Waals surface area contributed by atoms with Gasteiger partial charge in [-0.05, 0) is 24.9 Å². The standard InChI is InChI=1S/C5H9NO2S/c6-5(7)4-2-1-3-9-8-4/h4H,1-3H2,(H2,6,7). The Labute approximate surface area is 58.1 Å². The Hall–Kier alpha value is -0.220. The highest BCUT2D eigenvalue weighted by Gasteiger charge is 2.19. The van der Waals surface area contributed by atoms with Crippen molar-refractivity contribution in [3.05, 3.63) is 0 Å². The summed E-state index contributed by atoms with van der Waals surface area (Å²) < 4.78 is 4.98. The molecule has 0 bridgehead atoms. The lowest BCUT2D eigenvalue weighted by Gasteiger charge is -2.17. The summed E-state index contributed by atoms with van der Waals surface area (Å²) in [6.45, 7) is 0. The van der Waals surface area contributed by atoms with Gasteiger partial charge in [0.2, 0.25) is 5.91 Å². The first-order valence-corrected chi connectivity index (χ1v) is 3.79. The Morgan fingerprint density at radius 3 is 2.89 bits per heavy atom. The van der Waals surface area contributed by atoms with Crippen molar-refractivity contribution >= 4 is 17.9 Å². The van der Waals surface area contributed by atoms with Crippen LogP contribution in [0.15, 0.2) is 0 Å². The molecule has 0 aliphatic carbocycles. The second-order valence-electron chi connectivity index (χ2n) is 1.95. The molecule has 4 heteroatoms. The largest absolute Gasteiger partial charge is 0.367 e. The van der Waals surface area contributed by atoms with Gasteiger partial charge in [0.05, 0.1) is 0 Å². The topological polar surface area (TPSA) is 52.3 Å². The van der Waals surface area contributed by atoms with Crippen molar-refractivity contribution in [1.82, 2.24) is 0 Å². The maximum atomic E-state index is 10.4. The van der Waals surface area contributed by atoms with E-state index in [1.165, 1.54) is 12.0 Å². The summed E-state index contributed by atoms with van der Waals surface area (Å²) in [5.74, 6) is 0.631. The molecule has 0 radical (unpaired) electrons. The van der Waals surface area contributed by atoms with Crippen molar-refractivity contribution in [3.8, 4) is 0 Å². The number of amides is 1. The molecule has 0 aromatic carbocycles. The summed E-state index contributed by atoms with van der Waals surface area (Å²) in [6.07, 6.45) is 1.46. The lowest BCUT2D eigenvalue weighted by Crippen LogP contribution is -2.31. The fourth-order valence-corrected chi connectivity index (χ4v) is 1.43. The molecule has 52 valence electrons. The summed E-state index contributed by atoms with van der Waals surface area (Å²) in [5.41, 5.74) is 4.99. The summed E-state index contributed by atoms with van der Waals surface area (Å²) >= 11 is 1.33. The van der Waals surface area contributed by atoms with Crippen LogP contribution in [0.3, 0.4) is 0 Å². The first-order valence-electron chi connectivity index (χ1n) is 2.88. The number of hydrogen-bond acceptors (Lipinski definition) is 3. The van der Waals surface area contributed by atoms with E-state index in [1.54, 1.807) is 0 Å². The van der Waals surface area contributed by atoms with Crippen molar-refractivity contribution in [2.24, 2.45) is 5.73 Å². The molecule has 1 amide bonds. The fourth-order valence-electron chi connectivity index (χ4n) is 0.696. The van der Waals surface area contributed by atoms with Gasteiger partial charge in [-0.3, -0.25) is 4.79 Å². The number of rotatable bonds is 1. The normalized spacial score (nSPS) is 27.8. The summed E-state index contributed by atoms with van der Waals surface area (Å²) in [6, 6.07) is 0. The Balaban J connectivity index is 2.31. The van der Waals surface area contributed by atoms with Gasteiger partial charge in [0, 0.05) is 5.75 Å². The zero-order valence-corrected chi connectivity index (χ0v) is 5.82. The Morgan fingerprint density at radius 1 is 1.78 bits per heavy atom. The molecular formula is C5H9NO2S. The second-order valence-corrected chi connectivity index (χ2v) is 2.79. The molecule has 1 heterocycles. The Morgan fingerprint density at radius 2 is 2.56 bits per heavy atom. The average Bonchev–Trinajstić information content (AvgIpc) is 1.90. The van der Waals surface area contributed by atoms with Gasteiger partial charge in [0.15, 0.2) is 6.10 Å². The van der Waals surface area contributed by atoms with E-state index >= 15 is 0 Å². The van der Waals surface area contributed by atoms with Crippen LogP contribution in [0.5, 0.6) is 0 Å². The van der Waals surface area contributed by atoms with E-state index in [-0.39, 0.29) is 12.0 Å². The van der Waals surface area contributed by atoms with Gasteiger partial charge in [0.25, 0.3) is 0 Å². The van der Waals surface area contributed by atoms with Crippen LogP contribution in [-0.2, 0) is 8.98 Å². The highest BCUT2D eigenvalue weighted by Crippen LogP contribution is 2.19.